The predicted octanol–water partition coefficient (Wildman–Crippen LogP) is 1.46. The molecule has 0 aliphatic carbocycles. The van der Waals surface area contributed by atoms with E-state index >= 15 is 0 Å². The first-order chi connectivity index (χ1) is 9.10. The average molecular weight is 278 g/mol. The maximum absolute atomic E-state index is 11.3. The molecular formula is C12H14N4O2S. The number of pyridine rings is 1. The summed E-state index contributed by atoms with van der Waals surface area (Å²) < 4.78 is 5.33. The maximum atomic E-state index is 11.3. The topological polar surface area (TPSA) is 107 Å². The zero-order chi connectivity index (χ0) is 13.8. The van der Waals surface area contributed by atoms with Gasteiger partial charge in [0.1, 0.15) is 11.6 Å². The van der Waals surface area contributed by atoms with Gasteiger partial charge in [0.25, 0.3) is 0 Å². The van der Waals surface area contributed by atoms with Gasteiger partial charge in [-0.15, -0.1) is 11.8 Å². The van der Waals surface area contributed by atoms with Crippen LogP contribution in [0.15, 0.2) is 33.7 Å². The molecule has 2 rings (SSSR count). The number of hydrazine groups is 1. The van der Waals surface area contributed by atoms with E-state index in [1.54, 1.807) is 30.1 Å². The van der Waals surface area contributed by atoms with Crippen LogP contribution in [0.1, 0.15) is 21.9 Å². The van der Waals surface area contributed by atoms with E-state index < -0.39 is 5.91 Å². The van der Waals surface area contributed by atoms with Crippen molar-refractivity contribution < 1.29 is 9.21 Å². The van der Waals surface area contributed by atoms with Gasteiger partial charge in [-0.25, -0.2) is 10.8 Å². The van der Waals surface area contributed by atoms with Crippen LogP contribution < -0.4 is 17.0 Å². The Kier molecular flexibility index (Phi) is 4.08. The summed E-state index contributed by atoms with van der Waals surface area (Å²) in [5.74, 6) is 6.71. The number of nitrogens with zero attached hydrogens (tertiary/aromatic N) is 1. The quantitative estimate of drug-likeness (QED) is 0.338. The SMILES string of the molecule is Cc1oc(C(=O)NN)cc1CSc1ccc(N)nc1. The highest BCUT2D eigenvalue weighted by Gasteiger charge is 2.13. The molecule has 0 spiro atoms. The first kappa shape index (κ1) is 13.4. The van der Waals surface area contributed by atoms with Crippen molar-refractivity contribution in [3.63, 3.8) is 0 Å². The van der Waals surface area contributed by atoms with Crippen LogP contribution in [0.2, 0.25) is 0 Å². The smallest absolute Gasteiger partial charge is 0.300 e. The summed E-state index contributed by atoms with van der Waals surface area (Å²) >= 11 is 1.59. The van der Waals surface area contributed by atoms with Crippen molar-refractivity contribution >= 4 is 23.5 Å². The number of aryl methyl sites for hydroxylation is 1. The van der Waals surface area contributed by atoms with Crippen molar-refractivity contribution in [1.29, 1.82) is 0 Å². The molecule has 2 heterocycles. The Bertz CT molecular complexity index is 580. The molecule has 0 aliphatic heterocycles. The molecule has 0 fully saturated rings. The second-order valence-corrected chi connectivity index (χ2v) is 4.92. The lowest BCUT2D eigenvalue weighted by Gasteiger charge is -2.00. The lowest BCUT2D eigenvalue weighted by molar-refractivity contribution is 0.0924. The molecule has 7 heteroatoms. The number of hydrogen-bond acceptors (Lipinski definition) is 6. The Morgan fingerprint density at radius 3 is 2.95 bits per heavy atom. The van der Waals surface area contributed by atoms with E-state index in [1.807, 2.05) is 18.4 Å². The average Bonchev–Trinajstić information content (AvgIpc) is 2.79. The molecule has 2 aromatic rings. The van der Waals surface area contributed by atoms with Crippen molar-refractivity contribution in [3.8, 4) is 0 Å². The summed E-state index contributed by atoms with van der Waals surface area (Å²) in [7, 11) is 0. The van der Waals surface area contributed by atoms with Crippen LogP contribution in [0, 0.1) is 6.92 Å². The third-order valence-corrected chi connectivity index (χ3v) is 3.56. The van der Waals surface area contributed by atoms with Crippen molar-refractivity contribution in [2.24, 2.45) is 5.84 Å². The molecule has 0 bridgehead atoms. The van der Waals surface area contributed by atoms with Gasteiger partial charge < -0.3 is 10.2 Å². The minimum Gasteiger partial charge on any atom is -0.456 e. The van der Waals surface area contributed by atoms with Crippen LogP contribution in [0.3, 0.4) is 0 Å². The highest BCUT2D eigenvalue weighted by atomic mass is 32.2. The number of hydrogen-bond donors (Lipinski definition) is 3. The molecule has 0 saturated heterocycles. The number of carbonyl (C=O) groups is 1. The van der Waals surface area contributed by atoms with Gasteiger partial charge in [0.05, 0.1) is 0 Å². The number of aromatic nitrogens is 1. The Morgan fingerprint density at radius 2 is 2.32 bits per heavy atom. The number of nitrogens with two attached hydrogens (primary N) is 2. The van der Waals surface area contributed by atoms with Crippen molar-refractivity contribution in [3.05, 3.63) is 41.5 Å². The number of furan rings is 1. The van der Waals surface area contributed by atoms with Crippen LogP contribution in [-0.4, -0.2) is 10.9 Å². The number of carbonyl (C=O) groups excluding carboxylic acids is 1. The van der Waals surface area contributed by atoms with Crippen molar-refractivity contribution in [2.75, 3.05) is 5.73 Å². The molecule has 0 atom stereocenters. The van der Waals surface area contributed by atoms with Crippen LogP contribution in [-0.2, 0) is 5.75 Å². The molecule has 1 amide bonds. The largest absolute Gasteiger partial charge is 0.456 e. The van der Waals surface area contributed by atoms with E-state index in [-0.39, 0.29) is 5.76 Å². The van der Waals surface area contributed by atoms with Crippen LogP contribution in [0.25, 0.3) is 0 Å². The minimum absolute atomic E-state index is 0.214. The molecule has 100 valence electrons. The fraction of sp³-hybridized carbons (Fsp3) is 0.167. The summed E-state index contributed by atoms with van der Waals surface area (Å²) in [5.41, 5.74) is 8.50. The van der Waals surface area contributed by atoms with E-state index in [9.17, 15) is 4.79 Å². The van der Waals surface area contributed by atoms with Crippen LogP contribution in [0.5, 0.6) is 0 Å². The fourth-order valence-corrected chi connectivity index (χ4v) is 2.38. The third-order valence-electron chi connectivity index (χ3n) is 2.53. The zero-order valence-corrected chi connectivity index (χ0v) is 11.2. The Morgan fingerprint density at radius 1 is 1.53 bits per heavy atom. The predicted molar refractivity (Wildman–Crippen MR) is 73.3 cm³/mol. The number of anilines is 1. The highest BCUT2D eigenvalue weighted by molar-refractivity contribution is 7.98. The van der Waals surface area contributed by atoms with Crippen molar-refractivity contribution in [1.82, 2.24) is 10.4 Å². The molecule has 0 aromatic carbocycles. The normalized spacial score (nSPS) is 10.4. The van der Waals surface area contributed by atoms with Crippen molar-refractivity contribution in [2.45, 2.75) is 17.6 Å². The van der Waals surface area contributed by atoms with Gasteiger partial charge >= 0.3 is 5.91 Å². The molecular weight excluding hydrogens is 264 g/mol. The molecule has 19 heavy (non-hydrogen) atoms. The number of amides is 1. The monoisotopic (exact) mass is 278 g/mol. The Balaban J connectivity index is 2.05. The van der Waals surface area contributed by atoms with E-state index in [2.05, 4.69) is 4.98 Å². The van der Waals surface area contributed by atoms with Gasteiger partial charge in [0, 0.05) is 22.4 Å². The van der Waals surface area contributed by atoms with E-state index in [0.717, 1.165) is 10.5 Å². The molecule has 5 N–H and O–H groups in total. The second-order valence-electron chi connectivity index (χ2n) is 3.87. The van der Waals surface area contributed by atoms with E-state index in [1.165, 1.54) is 0 Å². The number of thioether (sulfide) groups is 1. The fourth-order valence-electron chi connectivity index (χ4n) is 1.48. The first-order valence-electron chi connectivity index (χ1n) is 5.54. The summed E-state index contributed by atoms with van der Waals surface area (Å²) in [5, 5.41) is 0. The molecule has 0 aliphatic rings. The molecule has 0 unspecified atom stereocenters. The maximum Gasteiger partial charge on any atom is 0.300 e. The zero-order valence-electron chi connectivity index (χ0n) is 10.3. The van der Waals surface area contributed by atoms with E-state index in [4.69, 9.17) is 16.0 Å². The van der Waals surface area contributed by atoms with Gasteiger partial charge in [-0.1, -0.05) is 0 Å². The minimum atomic E-state index is -0.437. The number of nitrogen functional groups attached to an aromatic ring is 2. The Hall–Kier alpha value is -1.99. The molecule has 0 radical (unpaired) electrons. The Labute approximate surface area is 114 Å². The first-order valence-corrected chi connectivity index (χ1v) is 6.53. The summed E-state index contributed by atoms with van der Waals surface area (Å²) in [6, 6.07) is 5.34. The summed E-state index contributed by atoms with van der Waals surface area (Å²) in [4.78, 5) is 16.3. The highest BCUT2D eigenvalue weighted by Crippen LogP contribution is 2.26. The summed E-state index contributed by atoms with van der Waals surface area (Å²) in [6.45, 7) is 1.81. The molecule has 6 nitrogen and oxygen atoms in total. The lowest BCUT2D eigenvalue weighted by Crippen LogP contribution is -2.29. The third kappa shape index (κ3) is 3.27. The lowest BCUT2D eigenvalue weighted by atomic mass is 10.3. The van der Waals surface area contributed by atoms with Gasteiger partial charge in [-0.05, 0) is 25.1 Å². The number of nitrogens with one attached hydrogen (secondary N) is 1. The van der Waals surface area contributed by atoms with Gasteiger partial charge in [0.15, 0.2) is 5.76 Å². The van der Waals surface area contributed by atoms with Crippen LogP contribution in [0.4, 0.5) is 5.82 Å². The van der Waals surface area contributed by atoms with Gasteiger partial charge in [-0.3, -0.25) is 10.2 Å². The standard InChI is InChI=1S/C12H14N4O2S/c1-7-8(4-10(18-7)12(17)16-14)6-19-9-2-3-11(13)15-5-9/h2-5H,6,14H2,1H3,(H2,13,15)(H,16,17). The number of rotatable bonds is 4. The van der Waals surface area contributed by atoms with Gasteiger partial charge in [-0.2, -0.15) is 0 Å². The second kappa shape index (κ2) is 5.77. The van der Waals surface area contributed by atoms with E-state index in [0.29, 0.717) is 17.3 Å². The van der Waals surface area contributed by atoms with Crippen LogP contribution >= 0.6 is 11.8 Å². The summed E-state index contributed by atoms with van der Waals surface area (Å²) in [6.07, 6.45) is 1.71. The molecule has 2 aromatic heterocycles. The van der Waals surface area contributed by atoms with Gasteiger partial charge in [0.2, 0.25) is 0 Å². The molecule has 0 saturated carbocycles.